The summed E-state index contributed by atoms with van der Waals surface area (Å²) in [6.07, 6.45) is 0.591. The van der Waals surface area contributed by atoms with Gasteiger partial charge in [0.05, 0.1) is 9.85 Å². The number of nitrogens with zero attached hydrogens (tertiary/aromatic N) is 2. The van der Waals surface area contributed by atoms with Gasteiger partial charge in [-0.3, -0.25) is 20.2 Å². The fraction of sp³-hybridized carbons (Fsp3) is 0.231. The first-order valence-electron chi connectivity index (χ1n) is 6.24. The lowest BCUT2D eigenvalue weighted by molar-refractivity contribution is -0.385. The van der Waals surface area contributed by atoms with Crippen LogP contribution < -0.4 is 5.32 Å². The number of hydrogen-bond donors (Lipinski definition) is 1. The first-order chi connectivity index (χ1) is 10.0. The molecule has 2 aromatic rings. The van der Waals surface area contributed by atoms with Crippen molar-refractivity contribution in [2.45, 2.75) is 19.9 Å². The number of rotatable bonds is 6. The molecule has 0 amide bonds. The smallest absolute Gasteiger partial charge is 0.324 e. The Morgan fingerprint density at radius 1 is 1.19 bits per heavy atom. The van der Waals surface area contributed by atoms with Gasteiger partial charge in [0.1, 0.15) is 0 Å². The third kappa shape index (κ3) is 3.54. The van der Waals surface area contributed by atoms with Crippen LogP contribution in [0.5, 0.6) is 0 Å². The lowest BCUT2D eigenvalue weighted by Crippen LogP contribution is -2.01. The molecular weight excluding hydrogens is 294 g/mol. The summed E-state index contributed by atoms with van der Waals surface area (Å²) in [7, 11) is 0. The predicted octanol–water partition coefficient (Wildman–Crippen LogP) is 3.74. The van der Waals surface area contributed by atoms with Crippen LogP contribution in [0.25, 0.3) is 0 Å². The Bertz CT molecular complexity index is 684. The van der Waals surface area contributed by atoms with Gasteiger partial charge in [0.2, 0.25) is 0 Å². The third-order valence-corrected chi connectivity index (χ3v) is 3.91. The van der Waals surface area contributed by atoms with Gasteiger partial charge in [-0.2, -0.15) is 0 Å². The number of thiophene rings is 1. The highest BCUT2D eigenvalue weighted by molar-refractivity contribution is 7.13. The molecule has 0 fully saturated rings. The lowest BCUT2D eigenvalue weighted by atomic mass is 10.1. The maximum absolute atomic E-state index is 11.0. The van der Waals surface area contributed by atoms with Crippen LogP contribution >= 0.6 is 11.3 Å². The number of benzene rings is 1. The van der Waals surface area contributed by atoms with E-state index in [2.05, 4.69) is 5.32 Å². The van der Waals surface area contributed by atoms with Crippen molar-refractivity contribution in [3.8, 4) is 0 Å². The van der Waals surface area contributed by atoms with Crippen LogP contribution in [0, 0.1) is 20.2 Å². The number of anilines is 1. The highest BCUT2D eigenvalue weighted by atomic mass is 32.1. The fourth-order valence-corrected chi connectivity index (χ4v) is 2.63. The van der Waals surface area contributed by atoms with Gasteiger partial charge in [-0.15, -0.1) is 0 Å². The highest BCUT2D eigenvalue weighted by Gasteiger charge is 2.13. The standard InChI is InChI=1S/C13H13N3O4S/c1-2-10-3-4-11(6-12(10)15(17)18)14-7-9-5-13(16(19)20)21-8-9/h3-6,8,14H,2,7H2,1H3. The van der Waals surface area contributed by atoms with E-state index in [-0.39, 0.29) is 10.7 Å². The molecular formula is C13H13N3O4S. The van der Waals surface area contributed by atoms with Gasteiger partial charge in [-0.25, -0.2) is 0 Å². The van der Waals surface area contributed by atoms with E-state index in [0.717, 1.165) is 16.9 Å². The van der Waals surface area contributed by atoms with E-state index in [1.54, 1.807) is 17.5 Å². The van der Waals surface area contributed by atoms with Crippen molar-refractivity contribution in [1.82, 2.24) is 0 Å². The Balaban J connectivity index is 2.10. The molecule has 0 aliphatic heterocycles. The molecule has 1 heterocycles. The maximum atomic E-state index is 11.0. The van der Waals surface area contributed by atoms with Gasteiger partial charge in [-0.1, -0.05) is 24.3 Å². The van der Waals surface area contributed by atoms with Gasteiger partial charge >= 0.3 is 5.00 Å². The van der Waals surface area contributed by atoms with E-state index in [4.69, 9.17) is 0 Å². The SMILES string of the molecule is CCc1ccc(NCc2csc([N+](=O)[O-])c2)cc1[N+](=O)[O-]. The summed E-state index contributed by atoms with van der Waals surface area (Å²) in [4.78, 5) is 20.8. The van der Waals surface area contributed by atoms with Crippen LogP contribution in [0.2, 0.25) is 0 Å². The first-order valence-corrected chi connectivity index (χ1v) is 7.12. The zero-order chi connectivity index (χ0) is 15.4. The molecule has 8 heteroatoms. The molecule has 0 spiro atoms. The second-order valence-electron chi connectivity index (χ2n) is 4.36. The minimum absolute atomic E-state index is 0.0822. The molecule has 1 N–H and O–H groups in total. The van der Waals surface area contributed by atoms with Gasteiger partial charge in [-0.05, 0) is 18.1 Å². The number of nitro benzene ring substituents is 1. The Morgan fingerprint density at radius 2 is 1.95 bits per heavy atom. The molecule has 0 saturated heterocycles. The number of hydrogen-bond acceptors (Lipinski definition) is 6. The van der Waals surface area contributed by atoms with Gasteiger partial charge in [0.25, 0.3) is 5.69 Å². The van der Waals surface area contributed by atoms with Gasteiger partial charge in [0, 0.05) is 35.3 Å². The predicted molar refractivity (Wildman–Crippen MR) is 80.8 cm³/mol. The number of aryl methyl sites for hydroxylation is 1. The van der Waals surface area contributed by atoms with E-state index in [0.29, 0.717) is 24.2 Å². The second-order valence-corrected chi connectivity index (χ2v) is 5.25. The Labute approximate surface area is 124 Å². The average molecular weight is 307 g/mol. The normalized spacial score (nSPS) is 10.3. The molecule has 0 aliphatic carbocycles. The molecule has 1 aromatic heterocycles. The molecule has 0 unspecified atom stereocenters. The summed E-state index contributed by atoms with van der Waals surface area (Å²) in [5.74, 6) is 0. The summed E-state index contributed by atoms with van der Waals surface area (Å²) < 4.78 is 0. The van der Waals surface area contributed by atoms with Crippen LogP contribution in [0.4, 0.5) is 16.4 Å². The summed E-state index contributed by atoms with van der Waals surface area (Å²) in [6.45, 7) is 2.24. The average Bonchev–Trinajstić information content (AvgIpc) is 2.94. The topological polar surface area (TPSA) is 98.3 Å². The third-order valence-electron chi connectivity index (χ3n) is 2.98. The lowest BCUT2D eigenvalue weighted by Gasteiger charge is -2.06. The zero-order valence-electron chi connectivity index (χ0n) is 11.2. The van der Waals surface area contributed by atoms with Crippen LogP contribution in [-0.4, -0.2) is 9.85 Å². The summed E-state index contributed by atoms with van der Waals surface area (Å²) in [6, 6.07) is 6.47. The maximum Gasteiger partial charge on any atom is 0.324 e. The quantitative estimate of drug-likeness (QED) is 0.647. The van der Waals surface area contributed by atoms with Crippen molar-refractivity contribution in [2.24, 2.45) is 0 Å². The molecule has 0 atom stereocenters. The Hall–Kier alpha value is -2.48. The van der Waals surface area contributed by atoms with Crippen molar-refractivity contribution >= 4 is 27.7 Å². The van der Waals surface area contributed by atoms with E-state index >= 15 is 0 Å². The molecule has 1 aromatic carbocycles. The zero-order valence-corrected chi connectivity index (χ0v) is 12.1. The van der Waals surface area contributed by atoms with E-state index in [1.165, 1.54) is 12.1 Å². The van der Waals surface area contributed by atoms with Crippen LogP contribution in [0.3, 0.4) is 0 Å². The largest absolute Gasteiger partial charge is 0.381 e. The van der Waals surface area contributed by atoms with Crippen molar-refractivity contribution in [2.75, 3.05) is 5.32 Å². The van der Waals surface area contributed by atoms with Gasteiger partial charge in [0.15, 0.2) is 0 Å². The van der Waals surface area contributed by atoms with Crippen LogP contribution in [0.1, 0.15) is 18.1 Å². The molecule has 21 heavy (non-hydrogen) atoms. The van der Waals surface area contributed by atoms with E-state index in [9.17, 15) is 20.2 Å². The molecule has 0 bridgehead atoms. The molecule has 0 saturated carbocycles. The summed E-state index contributed by atoms with van der Waals surface area (Å²) in [5, 5.41) is 26.4. The fourth-order valence-electron chi connectivity index (χ4n) is 1.90. The Morgan fingerprint density at radius 3 is 2.52 bits per heavy atom. The molecule has 2 rings (SSSR count). The molecule has 0 aliphatic rings. The highest BCUT2D eigenvalue weighted by Crippen LogP contribution is 2.26. The number of nitrogens with one attached hydrogen (secondary N) is 1. The number of nitro groups is 2. The van der Waals surface area contributed by atoms with Crippen molar-refractivity contribution < 1.29 is 9.85 Å². The van der Waals surface area contributed by atoms with Crippen LogP contribution in [0.15, 0.2) is 29.6 Å². The molecule has 0 radical (unpaired) electrons. The van der Waals surface area contributed by atoms with Crippen molar-refractivity contribution in [3.63, 3.8) is 0 Å². The first kappa shape index (κ1) is 14.9. The summed E-state index contributed by atoms with van der Waals surface area (Å²) >= 11 is 1.06. The molecule has 7 nitrogen and oxygen atoms in total. The van der Waals surface area contributed by atoms with Gasteiger partial charge < -0.3 is 5.32 Å². The van der Waals surface area contributed by atoms with Crippen LogP contribution in [-0.2, 0) is 13.0 Å². The summed E-state index contributed by atoms with van der Waals surface area (Å²) in [5.41, 5.74) is 2.15. The molecule has 110 valence electrons. The van der Waals surface area contributed by atoms with E-state index < -0.39 is 9.85 Å². The van der Waals surface area contributed by atoms with Crippen molar-refractivity contribution in [1.29, 1.82) is 0 Å². The minimum Gasteiger partial charge on any atom is -0.381 e. The minimum atomic E-state index is -0.435. The second kappa shape index (κ2) is 6.31. The van der Waals surface area contributed by atoms with E-state index in [1.807, 2.05) is 6.92 Å². The Kier molecular flexibility index (Phi) is 4.49. The monoisotopic (exact) mass is 307 g/mol. The van der Waals surface area contributed by atoms with Crippen molar-refractivity contribution in [3.05, 3.63) is 61.0 Å².